The molecule has 7 nitrogen and oxygen atoms in total. The van der Waals surface area contributed by atoms with Gasteiger partial charge in [-0.05, 0) is 42.0 Å². The zero-order valence-corrected chi connectivity index (χ0v) is 16.2. The minimum atomic E-state index is -1.02. The Morgan fingerprint density at radius 1 is 1.03 bits per heavy atom. The van der Waals surface area contributed by atoms with Gasteiger partial charge >= 0.3 is 5.97 Å². The lowest BCUT2D eigenvalue weighted by Crippen LogP contribution is -2.33. The molecule has 1 atom stereocenters. The van der Waals surface area contributed by atoms with Crippen LogP contribution in [0.15, 0.2) is 77.9 Å². The van der Waals surface area contributed by atoms with Crippen molar-refractivity contribution < 1.29 is 14.3 Å². The molecule has 4 aromatic rings. The van der Waals surface area contributed by atoms with Crippen molar-refractivity contribution in [3.63, 3.8) is 0 Å². The van der Waals surface area contributed by atoms with Crippen LogP contribution in [0.5, 0.6) is 0 Å². The van der Waals surface area contributed by atoms with E-state index in [2.05, 4.69) is 10.3 Å². The minimum absolute atomic E-state index is 0.329. The first-order chi connectivity index (χ1) is 14.5. The maximum atomic E-state index is 12.5. The molecule has 3 aromatic carbocycles. The minimum Gasteiger partial charge on any atom is -0.451 e. The van der Waals surface area contributed by atoms with Gasteiger partial charge in [0.25, 0.3) is 11.5 Å². The first kappa shape index (κ1) is 19.3. The molecule has 1 amide bonds. The average Bonchev–Trinajstić information content (AvgIpc) is 2.75. The molecule has 1 unspecified atom stereocenters. The monoisotopic (exact) mass is 401 g/mol. The van der Waals surface area contributed by atoms with Gasteiger partial charge in [0.2, 0.25) is 0 Å². The van der Waals surface area contributed by atoms with E-state index < -0.39 is 18.0 Å². The molecular weight excluding hydrogens is 382 g/mol. The first-order valence-electron chi connectivity index (χ1n) is 9.44. The normalized spacial score (nSPS) is 11.9. The number of aromatic nitrogens is 2. The third-order valence-electron chi connectivity index (χ3n) is 4.73. The fourth-order valence-electron chi connectivity index (χ4n) is 3.16. The summed E-state index contributed by atoms with van der Waals surface area (Å²) >= 11 is 0. The largest absolute Gasteiger partial charge is 0.451 e. The molecule has 4 rings (SSSR count). The molecule has 1 aromatic heterocycles. The molecular formula is C23H19N3O4. The van der Waals surface area contributed by atoms with E-state index >= 15 is 0 Å². The van der Waals surface area contributed by atoms with E-state index in [0.29, 0.717) is 16.6 Å². The van der Waals surface area contributed by atoms with Gasteiger partial charge in [0.05, 0.1) is 17.2 Å². The van der Waals surface area contributed by atoms with Crippen LogP contribution in [0.3, 0.4) is 0 Å². The first-order valence-corrected chi connectivity index (χ1v) is 9.44. The van der Waals surface area contributed by atoms with E-state index in [1.54, 1.807) is 30.3 Å². The van der Waals surface area contributed by atoms with E-state index in [1.165, 1.54) is 17.8 Å². The molecule has 30 heavy (non-hydrogen) atoms. The topological polar surface area (TPSA) is 90.3 Å². The zero-order chi connectivity index (χ0) is 21.1. The highest BCUT2D eigenvalue weighted by molar-refractivity contribution is 5.97. The molecule has 0 aliphatic heterocycles. The molecule has 7 heteroatoms. The van der Waals surface area contributed by atoms with Crippen molar-refractivity contribution in [1.29, 1.82) is 0 Å². The van der Waals surface area contributed by atoms with Crippen LogP contribution in [0, 0.1) is 0 Å². The number of fused-ring (bicyclic) bond motifs is 2. The van der Waals surface area contributed by atoms with Gasteiger partial charge < -0.3 is 10.1 Å². The van der Waals surface area contributed by atoms with Crippen molar-refractivity contribution in [2.45, 2.75) is 19.6 Å². The van der Waals surface area contributed by atoms with Crippen molar-refractivity contribution in [2.75, 3.05) is 5.32 Å². The van der Waals surface area contributed by atoms with E-state index in [4.69, 9.17) is 4.74 Å². The molecule has 150 valence electrons. The van der Waals surface area contributed by atoms with Crippen LogP contribution in [-0.4, -0.2) is 27.5 Å². The second kappa shape index (κ2) is 8.16. The van der Waals surface area contributed by atoms with Crippen LogP contribution in [-0.2, 0) is 20.9 Å². The summed E-state index contributed by atoms with van der Waals surface area (Å²) in [5.41, 5.74) is 0.817. The van der Waals surface area contributed by atoms with Gasteiger partial charge in [0.1, 0.15) is 6.54 Å². The number of amides is 1. The lowest BCUT2D eigenvalue weighted by molar-refractivity contribution is -0.153. The molecule has 0 fully saturated rings. The zero-order valence-electron chi connectivity index (χ0n) is 16.2. The standard InChI is InChI=1S/C23H19N3O4/c1-15(22(28)25-18-11-10-16-6-2-3-7-17(16)12-18)30-21(27)13-26-14-24-20-9-5-4-8-19(20)23(26)29/h2-12,14-15H,13H2,1H3,(H,25,28). The number of nitrogens with zero attached hydrogens (tertiary/aromatic N) is 2. The van der Waals surface area contributed by atoms with Gasteiger partial charge in [0.15, 0.2) is 6.10 Å². The molecule has 0 aliphatic rings. The summed E-state index contributed by atoms with van der Waals surface area (Å²) in [4.78, 5) is 41.3. The highest BCUT2D eigenvalue weighted by atomic mass is 16.5. The molecule has 1 heterocycles. The van der Waals surface area contributed by atoms with Crippen LogP contribution in [0.2, 0.25) is 0 Å². The number of carbonyl (C=O) groups is 2. The van der Waals surface area contributed by atoms with Crippen molar-refractivity contribution in [2.24, 2.45) is 0 Å². The van der Waals surface area contributed by atoms with E-state index in [0.717, 1.165) is 10.8 Å². The Bertz CT molecular complexity index is 1310. The molecule has 0 spiro atoms. The number of carbonyl (C=O) groups excluding carboxylic acids is 2. The number of rotatable bonds is 5. The summed E-state index contributed by atoms with van der Waals surface area (Å²) in [6.45, 7) is 1.15. The van der Waals surface area contributed by atoms with Crippen LogP contribution in [0.1, 0.15) is 6.92 Å². The van der Waals surface area contributed by atoms with Gasteiger partial charge in [-0.1, -0.05) is 42.5 Å². The third kappa shape index (κ3) is 4.05. The quantitative estimate of drug-likeness (QED) is 0.519. The van der Waals surface area contributed by atoms with Crippen LogP contribution in [0.25, 0.3) is 21.7 Å². The van der Waals surface area contributed by atoms with Crippen LogP contribution >= 0.6 is 0 Å². The predicted octanol–water partition coefficient (Wildman–Crippen LogP) is 3.12. The second-order valence-corrected chi connectivity index (χ2v) is 6.88. The molecule has 0 saturated heterocycles. The van der Waals surface area contributed by atoms with E-state index in [1.807, 2.05) is 36.4 Å². The molecule has 0 radical (unpaired) electrons. The highest BCUT2D eigenvalue weighted by Gasteiger charge is 2.19. The Balaban J connectivity index is 1.40. The Hall–Kier alpha value is -4.00. The van der Waals surface area contributed by atoms with Gasteiger partial charge in [-0.25, -0.2) is 4.98 Å². The molecule has 0 saturated carbocycles. The van der Waals surface area contributed by atoms with E-state index in [9.17, 15) is 14.4 Å². The summed E-state index contributed by atoms with van der Waals surface area (Å²) in [6.07, 6.45) is 0.277. The highest BCUT2D eigenvalue weighted by Crippen LogP contribution is 2.19. The third-order valence-corrected chi connectivity index (χ3v) is 4.73. The lowest BCUT2D eigenvalue weighted by atomic mass is 10.1. The smallest absolute Gasteiger partial charge is 0.326 e. The summed E-state index contributed by atoms with van der Waals surface area (Å²) in [6, 6.07) is 20.2. The number of hydrogen-bond acceptors (Lipinski definition) is 5. The van der Waals surface area contributed by atoms with Crippen molar-refractivity contribution in [3.8, 4) is 0 Å². The second-order valence-electron chi connectivity index (χ2n) is 6.88. The average molecular weight is 401 g/mol. The molecule has 1 N–H and O–H groups in total. The maximum Gasteiger partial charge on any atom is 0.326 e. The van der Waals surface area contributed by atoms with Gasteiger partial charge in [-0.2, -0.15) is 0 Å². The van der Waals surface area contributed by atoms with Crippen molar-refractivity contribution in [1.82, 2.24) is 9.55 Å². The maximum absolute atomic E-state index is 12.5. The summed E-state index contributed by atoms with van der Waals surface area (Å²) in [5.74, 6) is -1.15. The summed E-state index contributed by atoms with van der Waals surface area (Å²) < 4.78 is 6.37. The van der Waals surface area contributed by atoms with Crippen LogP contribution < -0.4 is 10.9 Å². The fourth-order valence-corrected chi connectivity index (χ4v) is 3.16. The SMILES string of the molecule is CC(OC(=O)Cn1cnc2ccccc2c1=O)C(=O)Nc1ccc2ccccc2c1. The number of hydrogen-bond donors (Lipinski definition) is 1. The van der Waals surface area contributed by atoms with E-state index in [-0.39, 0.29) is 12.1 Å². The van der Waals surface area contributed by atoms with Gasteiger partial charge in [-0.3, -0.25) is 19.0 Å². The predicted molar refractivity (Wildman–Crippen MR) is 114 cm³/mol. The van der Waals surface area contributed by atoms with Crippen molar-refractivity contribution >= 4 is 39.2 Å². The van der Waals surface area contributed by atoms with Gasteiger partial charge in [0, 0.05) is 5.69 Å². The lowest BCUT2D eigenvalue weighted by Gasteiger charge is -2.14. The van der Waals surface area contributed by atoms with Crippen LogP contribution in [0.4, 0.5) is 5.69 Å². The number of para-hydroxylation sites is 1. The van der Waals surface area contributed by atoms with Crippen molar-refractivity contribution in [3.05, 3.63) is 83.4 Å². The number of anilines is 1. The number of ether oxygens (including phenoxy) is 1. The molecule has 0 bridgehead atoms. The summed E-state index contributed by atoms with van der Waals surface area (Å²) in [5, 5.41) is 5.20. The Labute approximate surface area is 171 Å². The number of nitrogens with one attached hydrogen (secondary N) is 1. The fraction of sp³-hybridized carbons (Fsp3) is 0.130. The van der Waals surface area contributed by atoms with Gasteiger partial charge in [-0.15, -0.1) is 0 Å². The Kier molecular flexibility index (Phi) is 5.26. The molecule has 0 aliphatic carbocycles. The summed E-state index contributed by atoms with van der Waals surface area (Å²) in [7, 11) is 0. The Morgan fingerprint density at radius 2 is 1.77 bits per heavy atom. The number of benzene rings is 3. The number of esters is 1. The Morgan fingerprint density at radius 3 is 2.60 bits per heavy atom.